The molecule has 0 aliphatic carbocycles. The van der Waals surface area contributed by atoms with Gasteiger partial charge in [-0.2, -0.15) is 5.10 Å². The van der Waals surface area contributed by atoms with Gasteiger partial charge in [0.2, 0.25) is 0 Å². The number of anilines is 1. The van der Waals surface area contributed by atoms with Crippen molar-refractivity contribution in [2.45, 2.75) is 13.8 Å². The predicted molar refractivity (Wildman–Crippen MR) is 86.8 cm³/mol. The molecule has 23 heavy (non-hydrogen) atoms. The van der Waals surface area contributed by atoms with E-state index in [9.17, 15) is 20.2 Å². The van der Waals surface area contributed by atoms with Crippen LogP contribution in [0.1, 0.15) is 18.1 Å². The van der Waals surface area contributed by atoms with Crippen LogP contribution in [-0.2, 0) is 0 Å². The third-order valence-electron chi connectivity index (χ3n) is 3.27. The summed E-state index contributed by atoms with van der Waals surface area (Å²) in [6.07, 6.45) is 0. The molecule has 0 aromatic heterocycles. The van der Waals surface area contributed by atoms with Crippen molar-refractivity contribution in [2.75, 3.05) is 5.43 Å². The molecule has 0 atom stereocenters. The van der Waals surface area contributed by atoms with Gasteiger partial charge in [-0.25, -0.2) is 0 Å². The van der Waals surface area contributed by atoms with Gasteiger partial charge in [0.05, 0.1) is 15.6 Å². The highest BCUT2D eigenvalue weighted by Crippen LogP contribution is 2.24. The Balaban J connectivity index is 2.29. The fraction of sp³-hybridized carbons (Fsp3) is 0.133. The molecule has 0 amide bonds. The van der Waals surface area contributed by atoms with Crippen molar-refractivity contribution >= 4 is 22.8 Å². The van der Waals surface area contributed by atoms with Crippen LogP contribution < -0.4 is 5.43 Å². The van der Waals surface area contributed by atoms with Crippen LogP contribution >= 0.6 is 0 Å². The number of para-hydroxylation sites is 2. The van der Waals surface area contributed by atoms with Gasteiger partial charge < -0.3 is 0 Å². The van der Waals surface area contributed by atoms with Gasteiger partial charge >= 0.3 is 0 Å². The SMILES string of the molecule is C/C(=N\Nc1ccccc1[N+](=O)[O-])c1ccc(C)c([N+](=O)[O-])c1. The molecule has 0 unspecified atom stereocenters. The minimum atomic E-state index is -0.510. The van der Waals surface area contributed by atoms with Gasteiger partial charge in [-0.3, -0.25) is 25.7 Å². The maximum atomic E-state index is 11.0. The number of nitrogens with zero attached hydrogens (tertiary/aromatic N) is 3. The van der Waals surface area contributed by atoms with Crippen molar-refractivity contribution in [1.29, 1.82) is 0 Å². The van der Waals surface area contributed by atoms with Crippen LogP contribution in [0.4, 0.5) is 17.1 Å². The van der Waals surface area contributed by atoms with Crippen LogP contribution in [0.2, 0.25) is 0 Å². The molecule has 2 aromatic rings. The maximum absolute atomic E-state index is 11.0. The molecule has 118 valence electrons. The summed E-state index contributed by atoms with van der Waals surface area (Å²) in [5, 5.41) is 26.0. The van der Waals surface area contributed by atoms with Gasteiger partial charge in [0.25, 0.3) is 11.4 Å². The lowest BCUT2D eigenvalue weighted by atomic mass is 10.1. The average Bonchev–Trinajstić information content (AvgIpc) is 2.52. The Morgan fingerprint density at radius 3 is 2.35 bits per heavy atom. The summed E-state index contributed by atoms with van der Waals surface area (Å²) in [7, 11) is 0. The van der Waals surface area contributed by atoms with E-state index in [0.29, 0.717) is 16.8 Å². The summed E-state index contributed by atoms with van der Waals surface area (Å²) in [6, 6.07) is 10.9. The van der Waals surface area contributed by atoms with Gasteiger partial charge in [-0.15, -0.1) is 0 Å². The summed E-state index contributed by atoms with van der Waals surface area (Å²) in [5.41, 5.74) is 4.38. The van der Waals surface area contributed by atoms with E-state index in [1.165, 1.54) is 18.2 Å². The highest BCUT2D eigenvalue weighted by Gasteiger charge is 2.13. The summed E-state index contributed by atoms with van der Waals surface area (Å²) in [5.74, 6) is 0. The molecule has 8 nitrogen and oxygen atoms in total. The van der Waals surface area contributed by atoms with Crippen molar-refractivity contribution in [2.24, 2.45) is 5.10 Å². The topological polar surface area (TPSA) is 111 Å². The summed E-state index contributed by atoms with van der Waals surface area (Å²) in [4.78, 5) is 20.9. The molecule has 8 heteroatoms. The van der Waals surface area contributed by atoms with E-state index in [4.69, 9.17) is 0 Å². The Morgan fingerprint density at radius 2 is 1.70 bits per heavy atom. The Kier molecular flexibility index (Phi) is 4.65. The lowest BCUT2D eigenvalue weighted by Gasteiger charge is -2.05. The molecule has 1 N–H and O–H groups in total. The fourth-order valence-corrected chi connectivity index (χ4v) is 1.97. The number of nitro benzene ring substituents is 2. The van der Waals surface area contributed by atoms with Crippen molar-refractivity contribution in [3.63, 3.8) is 0 Å². The third-order valence-corrected chi connectivity index (χ3v) is 3.27. The van der Waals surface area contributed by atoms with E-state index in [0.717, 1.165) is 0 Å². The fourth-order valence-electron chi connectivity index (χ4n) is 1.97. The highest BCUT2D eigenvalue weighted by molar-refractivity contribution is 5.99. The first-order chi connectivity index (χ1) is 10.9. The number of rotatable bonds is 5. The van der Waals surface area contributed by atoms with E-state index >= 15 is 0 Å². The first kappa shape index (κ1) is 16.1. The Morgan fingerprint density at radius 1 is 1.04 bits per heavy atom. The molecule has 0 aliphatic rings. The molecular weight excluding hydrogens is 300 g/mol. The monoisotopic (exact) mass is 314 g/mol. The zero-order valence-electron chi connectivity index (χ0n) is 12.5. The first-order valence-electron chi connectivity index (χ1n) is 6.69. The van der Waals surface area contributed by atoms with Crippen LogP contribution in [-0.4, -0.2) is 15.6 Å². The Bertz CT molecular complexity index is 802. The molecule has 0 radical (unpaired) electrons. The van der Waals surface area contributed by atoms with Crippen molar-refractivity contribution in [3.8, 4) is 0 Å². The van der Waals surface area contributed by atoms with E-state index < -0.39 is 9.85 Å². The minimum absolute atomic E-state index is 0.00254. The van der Waals surface area contributed by atoms with Crippen LogP contribution in [0.5, 0.6) is 0 Å². The quantitative estimate of drug-likeness (QED) is 0.514. The van der Waals surface area contributed by atoms with E-state index in [2.05, 4.69) is 10.5 Å². The average molecular weight is 314 g/mol. The molecule has 0 heterocycles. The zero-order chi connectivity index (χ0) is 17.0. The zero-order valence-corrected chi connectivity index (χ0v) is 12.5. The maximum Gasteiger partial charge on any atom is 0.294 e. The summed E-state index contributed by atoms with van der Waals surface area (Å²) in [6.45, 7) is 3.32. The largest absolute Gasteiger partial charge is 0.294 e. The molecule has 0 spiro atoms. The second-order valence-corrected chi connectivity index (χ2v) is 4.84. The number of nitrogens with one attached hydrogen (secondary N) is 1. The van der Waals surface area contributed by atoms with Crippen molar-refractivity contribution in [3.05, 3.63) is 73.8 Å². The van der Waals surface area contributed by atoms with Gasteiger partial charge in [-0.05, 0) is 19.9 Å². The van der Waals surface area contributed by atoms with Crippen LogP contribution in [0.15, 0.2) is 47.6 Å². The van der Waals surface area contributed by atoms with Gasteiger partial charge in [0.15, 0.2) is 0 Å². The van der Waals surface area contributed by atoms with E-state index in [1.807, 2.05) is 0 Å². The molecular formula is C15H14N4O4. The molecule has 0 bridgehead atoms. The first-order valence-corrected chi connectivity index (χ1v) is 6.69. The molecule has 2 aromatic carbocycles. The lowest BCUT2D eigenvalue weighted by molar-refractivity contribution is -0.385. The standard InChI is InChI=1S/C15H14N4O4/c1-10-7-8-12(9-15(10)19(22)23)11(2)16-17-13-5-3-4-6-14(13)18(20)21/h3-9,17H,1-2H3/b16-11+. The van der Waals surface area contributed by atoms with Crippen LogP contribution in [0.25, 0.3) is 0 Å². The molecule has 0 saturated carbocycles. The summed E-state index contributed by atoms with van der Waals surface area (Å²) >= 11 is 0. The number of nitro groups is 2. The predicted octanol–water partition coefficient (Wildman–Crippen LogP) is 3.65. The van der Waals surface area contributed by atoms with Crippen LogP contribution in [0.3, 0.4) is 0 Å². The van der Waals surface area contributed by atoms with E-state index in [1.54, 1.807) is 38.1 Å². The molecule has 2 rings (SSSR count). The third kappa shape index (κ3) is 3.67. The summed E-state index contributed by atoms with van der Waals surface area (Å²) < 4.78 is 0. The van der Waals surface area contributed by atoms with Gasteiger partial charge in [-0.1, -0.05) is 24.3 Å². The smallest absolute Gasteiger partial charge is 0.271 e. The normalized spacial score (nSPS) is 11.1. The number of aryl methyl sites for hydroxylation is 1. The minimum Gasteiger partial charge on any atom is -0.271 e. The lowest BCUT2D eigenvalue weighted by Crippen LogP contribution is -2.03. The van der Waals surface area contributed by atoms with Gasteiger partial charge in [0, 0.05) is 23.3 Å². The molecule has 0 fully saturated rings. The molecule has 0 saturated heterocycles. The second-order valence-electron chi connectivity index (χ2n) is 4.84. The Labute approximate surface area is 131 Å². The van der Waals surface area contributed by atoms with Gasteiger partial charge in [0.1, 0.15) is 5.69 Å². The number of hydrogen-bond donors (Lipinski definition) is 1. The molecule has 0 aliphatic heterocycles. The number of benzene rings is 2. The van der Waals surface area contributed by atoms with E-state index in [-0.39, 0.29) is 17.1 Å². The van der Waals surface area contributed by atoms with Crippen LogP contribution in [0, 0.1) is 27.2 Å². The van der Waals surface area contributed by atoms with Crippen molar-refractivity contribution < 1.29 is 9.85 Å². The number of hydrogen-bond acceptors (Lipinski definition) is 6. The van der Waals surface area contributed by atoms with Crippen molar-refractivity contribution in [1.82, 2.24) is 0 Å². The highest BCUT2D eigenvalue weighted by atomic mass is 16.6. The Hall–Kier alpha value is -3.29. The second kappa shape index (κ2) is 6.65. The number of hydrazone groups is 1.